The van der Waals surface area contributed by atoms with Gasteiger partial charge in [0.2, 0.25) is 0 Å². The zero-order chi connectivity index (χ0) is 40.3. The first kappa shape index (κ1) is 46.3. The summed E-state index contributed by atoms with van der Waals surface area (Å²) in [5.74, 6) is -15.9. The number of alkyl halides is 1. The summed E-state index contributed by atoms with van der Waals surface area (Å²) in [6, 6.07) is -2.04. The number of ether oxygens (including phenoxy) is 2. The van der Waals surface area contributed by atoms with Gasteiger partial charge >= 0.3 is 18.4 Å². The van der Waals surface area contributed by atoms with E-state index in [-0.39, 0.29) is 53.8 Å². The van der Waals surface area contributed by atoms with Gasteiger partial charge in [0.25, 0.3) is 5.78 Å². The fourth-order valence-electron chi connectivity index (χ4n) is 5.85. The first-order valence-electron chi connectivity index (χ1n) is 15.9. The Morgan fingerprint density at radius 1 is 0.722 bits per heavy atom. The van der Waals surface area contributed by atoms with Gasteiger partial charge in [0, 0.05) is 48.2 Å². The van der Waals surface area contributed by atoms with Crippen LogP contribution in [0.4, 0.5) is 44.7 Å². The van der Waals surface area contributed by atoms with Crippen LogP contribution in [-0.2, 0) is 19.1 Å². The van der Waals surface area contributed by atoms with Crippen LogP contribution in [0.2, 0.25) is 0 Å². The molecule has 54 heavy (non-hydrogen) atoms. The van der Waals surface area contributed by atoms with E-state index < -0.39 is 123 Å². The second kappa shape index (κ2) is 18.2. The Labute approximate surface area is 323 Å². The molecule has 0 spiro atoms. The number of carbonyl (C=O) groups is 4. The minimum atomic E-state index is -1.58. The van der Waals surface area contributed by atoms with E-state index >= 15 is 0 Å². The lowest BCUT2D eigenvalue weighted by Crippen LogP contribution is -2.43. The summed E-state index contributed by atoms with van der Waals surface area (Å²) in [6.07, 6.45) is -1.60. The standard InChI is InChI=1S/C17H18BrF4NO3.C17H18F4N3O3.BrH/c1-17(2,3)26-16(25)23-7-8(4-11(23)12(24)6-18)13-14(21)9(19)5-10(20)15(13)22;1-17(2,3)27-16(26)24-7-8(4-11(24)12(25)6-23-22)13-14(20)9(18)5-10(19)15(13)21;/h5,8,11H,4,6-7H2,1-3H3;5-6,8,11,22H,4,7H2,1-3H3;1H/q;+1;/t2*8-,11?;/m00./s1. The first-order valence-corrected chi connectivity index (χ1v) is 17.0. The summed E-state index contributed by atoms with van der Waals surface area (Å²) in [7, 11) is 0. The predicted octanol–water partition coefficient (Wildman–Crippen LogP) is 8.09. The second-order valence-corrected chi connectivity index (χ2v) is 14.7. The maximum absolute atomic E-state index is 14.1. The number of Topliss-reactive ketones (excluding diaryl/α,β-unsaturated/α-hetero) is 2. The number of likely N-dealkylation sites (tertiary alicyclic amines) is 2. The van der Waals surface area contributed by atoms with Crippen molar-refractivity contribution < 1.29 is 68.6 Å². The van der Waals surface area contributed by atoms with Crippen LogP contribution in [0.1, 0.15) is 77.3 Å². The van der Waals surface area contributed by atoms with Gasteiger partial charge in [-0.25, -0.2) is 44.7 Å². The average Bonchev–Trinajstić information content (AvgIpc) is 3.68. The summed E-state index contributed by atoms with van der Waals surface area (Å²) >= 11 is 2.99. The van der Waals surface area contributed by atoms with Gasteiger partial charge in [0.1, 0.15) is 17.2 Å². The summed E-state index contributed by atoms with van der Waals surface area (Å²) in [5, 5.41) is -0.0911. The fourth-order valence-corrected chi connectivity index (χ4v) is 6.22. The van der Waals surface area contributed by atoms with Crippen molar-refractivity contribution in [1.82, 2.24) is 9.80 Å². The Bertz CT molecular complexity index is 1780. The fraction of sp³-hybridized carbons (Fsp3) is 0.500. The maximum Gasteiger partial charge on any atom is 0.410 e. The third-order valence-electron chi connectivity index (χ3n) is 7.99. The third kappa shape index (κ3) is 10.9. The van der Waals surface area contributed by atoms with Gasteiger partial charge in [0.15, 0.2) is 52.3 Å². The molecular formula is C34H37Br2F8N4O6+. The minimum absolute atomic E-state index is 0. The number of halogens is 10. The van der Waals surface area contributed by atoms with Crippen molar-refractivity contribution in [2.24, 2.45) is 0 Å². The third-order valence-corrected chi connectivity index (χ3v) is 8.54. The molecule has 20 heteroatoms. The van der Waals surface area contributed by atoms with Crippen LogP contribution in [0.5, 0.6) is 0 Å². The van der Waals surface area contributed by atoms with E-state index in [0.717, 1.165) is 9.80 Å². The molecule has 0 bridgehead atoms. The summed E-state index contributed by atoms with van der Waals surface area (Å²) in [4.78, 5) is 53.9. The van der Waals surface area contributed by atoms with Gasteiger partial charge in [-0.3, -0.25) is 19.4 Å². The van der Waals surface area contributed by atoms with Crippen LogP contribution in [0.15, 0.2) is 12.1 Å². The molecule has 2 fully saturated rings. The van der Waals surface area contributed by atoms with E-state index in [4.69, 9.17) is 15.0 Å². The van der Waals surface area contributed by atoms with Gasteiger partial charge in [-0.05, 0) is 54.4 Å². The Kier molecular flexibility index (Phi) is 15.6. The number of nitrogens with zero attached hydrogens (tertiary/aromatic N) is 3. The molecule has 0 aromatic heterocycles. The van der Waals surface area contributed by atoms with Gasteiger partial charge in [-0.15, -0.1) is 17.0 Å². The van der Waals surface area contributed by atoms with Gasteiger partial charge in [-0.2, -0.15) is 0 Å². The molecule has 2 aliphatic heterocycles. The molecule has 2 aromatic carbocycles. The van der Waals surface area contributed by atoms with Crippen molar-refractivity contribution in [3.8, 4) is 0 Å². The van der Waals surface area contributed by atoms with E-state index in [1.54, 1.807) is 41.5 Å². The largest absolute Gasteiger partial charge is 0.444 e. The van der Waals surface area contributed by atoms with Gasteiger partial charge in [0.05, 0.1) is 21.7 Å². The molecule has 4 atom stereocenters. The molecule has 2 amide bonds. The number of ketones is 2. The number of carbonyl (C=O) groups excluding carboxylic acids is 4. The monoisotopic (exact) mass is 907 g/mol. The summed E-state index contributed by atoms with van der Waals surface area (Å²) in [6.45, 7) is 8.94. The van der Waals surface area contributed by atoms with Crippen molar-refractivity contribution >= 4 is 62.9 Å². The van der Waals surface area contributed by atoms with Crippen LogP contribution >= 0.6 is 32.9 Å². The Hall–Kier alpha value is -3.90. The molecule has 4 rings (SSSR count). The van der Waals surface area contributed by atoms with Crippen molar-refractivity contribution in [2.45, 2.75) is 89.5 Å². The average molecular weight is 909 g/mol. The number of rotatable bonds is 6. The highest BCUT2D eigenvalue weighted by Crippen LogP contribution is 2.39. The minimum Gasteiger partial charge on any atom is -0.444 e. The smallest absolute Gasteiger partial charge is 0.410 e. The highest BCUT2D eigenvalue weighted by Gasteiger charge is 2.46. The van der Waals surface area contributed by atoms with E-state index in [2.05, 4.69) is 20.7 Å². The van der Waals surface area contributed by atoms with Crippen LogP contribution in [0.3, 0.4) is 0 Å². The molecule has 10 nitrogen and oxygen atoms in total. The van der Waals surface area contributed by atoms with E-state index in [9.17, 15) is 54.3 Å². The van der Waals surface area contributed by atoms with Gasteiger partial charge < -0.3 is 9.47 Å². The number of amides is 2. The molecular weight excluding hydrogens is 872 g/mol. The first-order chi connectivity index (χ1) is 24.4. The zero-order valence-electron chi connectivity index (χ0n) is 29.7. The Balaban J connectivity index is 0.000000367. The summed E-state index contributed by atoms with van der Waals surface area (Å²) < 4.78 is 121. The van der Waals surface area contributed by atoms with Crippen molar-refractivity contribution in [2.75, 3.05) is 18.4 Å². The van der Waals surface area contributed by atoms with Crippen molar-refractivity contribution in [1.29, 1.82) is 5.53 Å². The van der Waals surface area contributed by atoms with E-state index in [1.807, 2.05) is 0 Å². The highest BCUT2D eigenvalue weighted by molar-refractivity contribution is 9.09. The lowest BCUT2D eigenvalue weighted by Gasteiger charge is -2.27. The van der Waals surface area contributed by atoms with Crippen molar-refractivity contribution in [3.63, 3.8) is 0 Å². The van der Waals surface area contributed by atoms with Crippen LogP contribution in [0.25, 0.3) is 0 Å². The normalized spacial score (nSPS) is 19.6. The Morgan fingerprint density at radius 3 is 1.37 bits per heavy atom. The molecule has 2 heterocycles. The van der Waals surface area contributed by atoms with Crippen molar-refractivity contribution in [3.05, 3.63) is 69.8 Å². The topological polar surface area (TPSA) is 131 Å². The second-order valence-electron chi connectivity index (χ2n) is 14.2. The number of nitrogens with one attached hydrogen (secondary N) is 1. The zero-order valence-corrected chi connectivity index (χ0v) is 33.0. The van der Waals surface area contributed by atoms with Crippen LogP contribution < -0.4 is 0 Å². The van der Waals surface area contributed by atoms with E-state index in [1.165, 1.54) is 0 Å². The lowest BCUT2D eigenvalue weighted by molar-refractivity contribution is -0.133. The number of hydrogen-bond acceptors (Lipinski definition) is 7. The number of benzene rings is 2. The Morgan fingerprint density at radius 2 is 1.06 bits per heavy atom. The lowest BCUT2D eigenvalue weighted by atomic mass is 9.94. The molecule has 0 saturated carbocycles. The SMILES string of the molecule is Br.CC(C)(C)OC(=O)N1C[C@@H](c2c(F)c(F)cc(F)c2F)CC1C(=O)C=[N+]=N.CC(C)(C)OC(=O)N1C[C@@H](c2c(F)c(F)cc(F)c2F)CC1C(=O)CBr. The summed E-state index contributed by atoms with van der Waals surface area (Å²) in [5.41, 5.74) is 3.31. The maximum atomic E-state index is 14.1. The quantitative estimate of drug-likeness (QED) is 0.0779. The van der Waals surface area contributed by atoms with Crippen LogP contribution in [0, 0.1) is 52.1 Å². The van der Waals surface area contributed by atoms with Gasteiger partial charge in [-0.1, -0.05) is 15.9 Å². The molecule has 0 radical (unpaired) electrons. The molecule has 1 N–H and O–H groups in total. The molecule has 2 saturated heterocycles. The van der Waals surface area contributed by atoms with E-state index in [0.29, 0.717) is 6.21 Å². The molecule has 2 aromatic rings. The van der Waals surface area contributed by atoms with Crippen LogP contribution in [-0.4, -0.2) is 86.3 Å². The predicted molar refractivity (Wildman–Crippen MR) is 184 cm³/mol. The molecule has 298 valence electrons. The molecule has 2 aliphatic rings. The molecule has 2 unspecified atom stereocenters. The molecule has 0 aliphatic carbocycles. The highest BCUT2D eigenvalue weighted by atomic mass is 79.9. The number of hydrogen-bond donors (Lipinski definition) is 1.